The number of carbonyl (C=O) groups is 2. The Labute approximate surface area is 132 Å². The minimum atomic E-state index is -0.0931. The van der Waals surface area contributed by atoms with Gasteiger partial charge in [0.1, 0.15) is 0 Å². The standard InChI is InChI=1S/C14H18IN3O2/c1-16-13(19)10-6-8-18(9-7-10)14(20)17-12-5-3-2-4-11(12)15/h2-5,10H,6-9H2,1H3,(H,16,19)(H,17,20). The third kappa shape index (κ3) is 3.62. The summed E-state index contributed by atoms with van der Waals surface area (Å²) < 4.78 is 1.01. The number of nitrogens with one attached hydrogen (secondary N) is 2. The molecule has 0 aliphatic carbocycles. The summed E-state index contributed by atoms with van der Waals surface area (Å²) in [6, 6.07) is 7.58. The minimum absolute atomic E-state index is 0.0286. The number of halogens is 1. The van der Waals surface area contributed by atoms with Crippen molar-refractivity contribution in [3.05, 3.63) is 27.8 Å². The third-order valence-electron chi connectivity index (χ3n) is 3.51. The van der Waals surface area contributed by atoms with E-state index in [0.29, 0.717) is 13.1 Å². The van der Waals surface area contributed by atoms with Crippen molar-refractivity contribution >= 4 is 40.2 Å². The number of hydrogen-bond acceptors (Lipinski definition) is 2. The molecule has 1 aliphatic heterocycles. The first-order valence-corrected chi connectivity index (χ1v) is 7.71. The van der Waals surface area contributed by atoms with E-state index in [1.54, 1.807) is 11.9 Å². The summed E-state index contributed by atoms with van der Waals surface area (Å²) in [5, 5.41) is 5.58. The number of hydrogen-bond donors (Lipinski definition) is 2. The van der Waals surface area contributed by atoms with Gasteiger partial charge < -0.3 is 15.5 Å². The van der Waals surface area contributed by atoms with Crippen LogP contribution in [0.4, 0.5) is 10.5 Å². The third-order valence-corrected chi connectivity index (χ3v) is 4.46. The van der Waals surface area contributed by atoms with Crippen molar-refractivity contribution in [1.29, 1.82) is 0 Å². The molecule has 0 unspecified atom stereocenters. The molecule has 0 saturated carbocycles. The number of anilines is 1. The van der Waals surface area contributed by atoms with Crippen molar-refractivity contribution in [1.82, 2.24) is 10.2 Å². The van der Waals surface area contributed by atoms with Crippen molar-refractivity contribution in [3.63, 3.8) is 0 Å². The summed E-state index contributed by atoms with van der Waals surface area (Å²) in [4.78, 5) is 25.5. The Morgan fingerprint density at radius 3 is 2.50 bits per heavy atom. The Morgan fingerprint density at radius 2 is 1.90 bits per heavy atom. The molecule has 6 heteroatoms. The van der Waals surface area contributed by atoms with E-state index in [2.05, 4.69) is 33.2 Å². The fourth-order valence-corrected chi connectivity index (χ4v) is 2.83. The highest BCUT2D eigenvalue weighted by atomic mass is 127. The van der Waals surface area contributed by atoms with E-state index in [9.17, 15) is 9.59 Å². The number of likely N-dealkylation sites (tertiary alicyclic amines) is 1. The van der Waals surface area contributed by atoms with E-state index >= 15 is 0 Å². The van der Waals surface area contributed by atoms with Gasteiger partial charge in [0.15, 0.2) is 0 Å². The van der Waals surface area contributed by atoms with E-state index in [4.69, 9.17) is 0 Å². The molecule has 20 heavy (non-hydrogen) atoms. The van der Waals surface area contributed by atoms with Crippen molar-refractivity contribution < 1.29 is 9.59 Å². The number of carbonyl (C=O) groups excluding carboxylic acids is 2. The minimum Gasteiger partial charge on any atom is -0.359 e. The zero-order chi connectivity index (χ0) is 14.5. The maximum atomic E-state index is 12.2. The van der Waals surface area contributed by atoms with Crippen LogP contribution in [0.5, 0.6) is 0 Å². The second-order valence-electron chi connectivity index (χ2n) is 4.79. The summed E-state index contributed by atoms with van der Waals surface area (Å²) in [6.07, 6.45) is 1.44. The van der Waals surface area contributed by atoms with Crippen LogP contribution in [0.3, 0.4) is 0 Å². The first kappa shape index (κ1) is 15.1. The zero-order valence-corrected chi connectivity index (χ0v) is 13.5. The SMILES string of the molecule is CNC(=O)C1CCN(C(=O)Nc2ccccc2I)CC1. The first-order chi connectivity index (χ1) is 9.61. The quantitative estimate of drug-likeness (QED) is 0.765. The van der Waals surface area contributed by atoms with Crippen LogP contribution in [-0.2, 0) is 4.79 Å². The molecular formula is C14H18IN3O2. The van der Waals surface area contributed by atoms with Gasteiger partial charge in [-0.05, 0) is 47.6 Å². The normalized spacial score (nSPS) is 15.8. The van der Waals surface area contributed by atoms with Gasteiger partial charge in [0, 0.05) is 29.6 Å². The molecule has 1 saturated heterocycles. The number of benzene rings is 1. The highest BCUT2D eigenvalue weighted by Crippen LogP contribution is 2.20. The van der Waals surface area contributed by atoms with Gasteiger partial charge in [-0.15, -0.1) is 0 Å². The van der Waals surface area contributed by atoms with Gasteiger partial charge in [-0.2, -0.15) is 0 Å². The molecule has 1 aromatic carbocycles. The molecule has 1 heterocycles. The predicted octanol–water partition coefficient (Wildman–Crippen LogP) is 2.28. The Balaban J connectivity index is 1.89. The van der Waals surface area contributed by atoms with Crippen LogP contribution in [0.1, 0.15) is 12.8 Å². The molecule has 0 spiro atoms. The van der Waals surface area contributed by atoms with Crippen LogP contribution >= 0.6 is 22.6 Å². The molecule has 0 bridgehead atoms. The smallest absolute Gasteiger partial charge is 0.321 e. The molecule has 3 amide bonds. The summed E-state index contributed by atoms with van der Waals surface area (Å²) in [5.74, 6) is 0.101. The first-order valence-electron chi connectivity index (χ1n) is 6.64. The number of nitrogens with zero attached hydrogens (tertiary/aromatic N) is 1. The van der Waals surface area contributed by atoms with Gasteiger partial charge in [0.25, 0.3) is 0 Å². The fraction of sp³-hybridized carbons (Fsp3) is 0.429. The second-order valence-corrected chi connectivity index (χ2v) is 5.95. The number of rotatable bonds is 2. The summed E-state index contributed by atoms with van der Waals surface area (Å²) in [6.45, 7) is 1.24. The van der Waals surface area contributed by atoms with Gasteiger partial charge in [-0.1, -0.05) is 12.1 Å². The number of amides is 3. The van der Waals surface area contributed by atoms with Crippen LogP contribution in [0.25, 0.3) is 0 Å². The van der Waals surface area contributed by atoms with Gasteiger partial charge in [0.05, 0.1) is 5.69 Å². The number of piperidine rings is 1. The van der Waals surface area contributed by atoms with E-state index in [0.717, 1.165) is 22.1 Å². The van der Waals surface area contributed by atoms with Gasteiger partial charge in [-0.3, -0.25) is 4.79 Å². The Kier molecular flexibility index (Phi) is 5.22. The van der Waals surface area contributed by atoms with E-state index in [1.807, 2.05) is 24.3 Å². The molecule has 1 aliphatic rings. The molecule has 0 radical (unpaired) electrons. The fourth-order valence-electron chi connectivity index (χ4n) is 2.31. The summed E-state index contributed by atoms with van der Waals surface area (Å²) in [5.41, 5.74) is 0.825. The van der Waals surface area contributed by atoms with E-state index < -0.39 is 0 Å². The van der Waals surface area contributed by atoms with Gasteiger partial charge in [-0.25, -0.2) is 4.79 Å². The topological polar surface area (TPSA) is 61.4 Å². The molecule has 5 nitrogen and oxygen atoms in total. The zero-order valence-electron chi connectivity index (χ0n) is 11.4. The molecule has 0 atom stereocenters. The maximum absolute atomic E-state index is 12.2. The molecule has 2 rings (SSSR count). The lowest BCUT2D eigenvalue weighted by atomic mass is 9.96. The van der Waals surface area contributed by atoms with Gasteiger partial charge >= 0.3 is 6.03 Å². The Morgan fingerprint density at radius 1 is 1.25 bits per heavy atom. The maximum Gasteiger partial charge on any atom is 0.321 e. The average molecular weight is 387 g/mol. The van der Waals surface area contributed by atoms with Crippen molar-refractivity contribution in [2.75, 3.05) is 25.5 Å². The van der Waals surface area contributed by atoms with E-state index in [-0.39, 0.29) is 17.9 Å². The molecule has 0 aromatic heterocycles. The molecular weight excluding hydrogens is 369 g/mol. The predicted molar refractivity (Wildman–Crippen MR) is 86.5 cm³/mol. The highest BCUT2D eigenvalue weighted by Gasteiger charge is 2.26. The Bertz CT molecular complexity index is 499. The monoisotopic (exact) mass is 387 g/mol. The summed E-state index contributed by atoms with van der Waals surface area (Å²) >= 11 is 2.20. The molecule has 1 aromatic rings. The van der Waals surface area contributed by atoms with Crippen LogP contribution < -0.4 is 10.6 Å². The van der Waals surface area contributed by atoms with Crippen LogP contribution in [0.2, 0.25) is 0 Å². The lowest BCUT2D eigenvalue weighted by Gasteiger charge is -2.31. The highest BCUT2D eigenvalue weighted by molar-refractivity contribution is 14.1. The lowest BCUT2D eigenvalue weighted by molar-refractivity contribution is -0.125. The molecule has 1 fully saturated rings. The number of para-hydroxylation sites is 1. The second kappa shape index (κ2) is 6.92. The van der Waals surface area contributed by atoms with E-state index in [1.165, 1.54) is 0 Å². The van der Waals surface area contributed by atoms with Crippen molar-refractivity contribution in [2.45, 2.75) is 12.8 Å². The van der Waals surface area contributed by atoms with Crippen molar-refractivity contribution in [3.8, 4) is 0 Å². The number of urea groups is 1. The van der Waals surface area contributed by atoms with Crippen molar-refractivity contribution in [2.24, 2.45) is 5.92 Å². The molecule has 108 valence electrons. The largest absolute Gasteiger partial charge is 0.359 e. The van der Waals surface area contributed by atoms with Crippen LogP contribution in [-0.4, -0.2) is 37.0 Å². The summed E-state index contributed by atoms with van der Waals surface area (Å²) in [7, 11) is 1.65. The van der Waals surface area contributed by atoms with Crippen LogP contribution in [0.15, 0.2) is 24.3 Å². The van der Waals surface area contributed by atoms with Gasteiger partial charge in [0.2, 0.25) is 5.91 Å². The average Bonchev–Trinajstić information content (AvgIpc) is 2.49. The molecule has 2 N–H and O–H groups in total. The Hall–Kier alpha value is -1.31. The van der Waals surface area contributed by atoms with Crippen LogP contribution in [0, 0.1) is 9.49 Å². The lowest BCUT2D eigenvalue weighted by Crippen LogP contribution is -2.44.